The molecule has 1 N–H and O–H groups in total. The Morgan fingerprint density at radius 2 is 2.11 bits per heavy atom. The number of hydrogen-bond acceptors (Lipinski definition) is 6. The second-order valence-corrected chi connectivity index (χ2v) is 8.82. The Bertz CT molecular complexity index is 865. The van der Waals surface area contributed by atoms with E-state index in [2.05, 4.69) is 30.7 Å². The summed E-state index contributed by atoms with van der Waals surface area (Å²) in [7, 11) is 1.44. The van der Waals surface area contributed by atoms with E-state index in [4.69, 9.17) is 9.72 Å². The van der Waals surface area contributed by atoms with E-state index in [-0.39, 0.29) is 17.4 Å². The first-order valence-electron chi connectivity index (χ1n) is 9.74. The summed E-state index contributed by atoms with van der Waals surface area (Å²) in [6.45, 7) is 8.71. The summed E-state index contributed by atoms with van der Waals surface area (Å²) in [6.07, 6.45) is 3.60. The number of H-pyrrole nitrogens is 1. The third-order valence-electron chi connectivity index (χ3n) is 5.66. The van der Waals surface area contributed by atoms with Gasteiger partial charge in [-0.2, -0.15) is 0 Å². The lowest BCUT2D eigenvalue weighted by molar-refractivity contribution is -0.147. The van der Waals surface area contributed by atoms with Crippen LogP contribution in [-0.2, 0) is 22.5 Å². The molecule has 0 aromatic carbocycles. The van der Waals surface area contributed by atoms with Crippen molar-refractivity contribution in [1.82, 2.24) is 14.9 Å². The molecule has 2 aromatic heterocycles. The number of carbonyl (C=O) groups is 1. The van der Waals surface area contributed by atoms with Crippen LogP contribution < -0.4 is 5.56 Å². The number of aromatic amines is 1. The maximum Gasteiger partial charge on any atom is 0.308 e. The van der Waals surface area contributed by atoms with Crippen LogP contribution in [0.3, 0.4) is 0 Å². The Morgan fingerprint density at radius 3 is 2.74 bits per heavy atom. The first-order valence-corrected chi connectivity index (χ1v) is 10.6. The van der Waals surface area contributed by atoms with Crippen LogP contribution in [0.1, 0.15) is 49.4 Å². The van der Waals surface area contributed by atoms with Crippen molar-refractivity contribution in [3.63, 3.8) is 0 Å². The average molecular weight is 392 g/mol. The van der Waals surface area contributed by atoms with Gasteiger partial charge in [-0.3, -0.25) is 14.5 Å². The van der Waals surface area contributed by atoms with Gasteiger partial charge in [0.1, 0.15) is 10.7 Å². The minimum absolute atomic E-state index is 0.0104. The number of nitrogens with one attached hydrogen (secondary N) is 1. The molecule has 148 valence electrons. The number of methoxy groups -OCH3 is 1. The standard InChI is InChI=1S/C20H29N3O3S/c1-5-12(2)10-15-13(3)27-19-17(15)18(24)21-16(22-19)11-23-8-6-14(7-9-23)20(25)26-4/h12,14H,5-11H2,1-4H3,(H,21,22,24)/t12-/m0/s1. The van der Waals surface area contributed by atoms with Crippen molar-refractivity contribution in [2.24, 2.45) is 11.8 Å². The third kappa shape index (κ3) is 4.41. The Balaban J connectivity index is 1.76. The molecule has 1 aliphatic rings. The van der Waals surface area contributed by atoms with Gasteiger partial charge in [0.15, 0.2) is 0 Å². The predicted molar refractivity (Wildman–Crippen MR) is 108 cm³/mol. The van der Waals surface area contributed by atoms with Crippen molar-refractivity contribution >= 4 is 27.5 Å². The fraction of sp³-hybridized carbons (Fsp3) is 0.650. The lowest BCUT2D eigenvalue weighted by atomic mass is 9.97. The highest BCUT2D eigenvalue weighted by molar-refractivity contribution is 7.18. The zero-order valence-electron chi connectivity index (χ0n) is 16.6. The maximum atomic E-state index is 12.8. The van der Waals surface area contributed by atoms with Gasteiger partial charge in [0.2, 0.25) is 0 Å². The molecule has 7 heteroatoms. The molecule has 3 heterocycles. The van der Waals surface area contributed by atoms with Gasteiger partial charge in [-0.05, 0) is 50.8 Å². The number of aromatic nitrogens is 2. The van der Waals surface area contributed by atoms with Crippen LogP contribution in [-0.4, -0.2) is 41.0 Å². The largest absolute Gasteiger partial charge is 0.469 e. The van der Waals surface area contributed by atoms with E-state index < -0.39 is 0 Å². The predicted octanol–water partition coefficient (Wildman–Crippen LogP) is 3.27. The van der Waals surface area contributed by atoms with E-state index in [1.54, 1.807) is 11.3 Å². The van der Waals surface area contributed by atoms with Crippen molar-refractivity contribution in [3.8, 4) is 0 Å². The number of likely N-dealkylation sites (tertiary alicyclic amines) is 1. The van der Waals surface area contributed by atoms with Gasteiger partial charge in [-0.15, -0.1) is 11.3 Å². The number of hydrogen-bond donors (Lipinski definition) is 1. The van der Waals surface area contributed by atoms with E-state index in [1.807, 2.05) is 0 Å². The van der Waals surface area contributed by atoms with Crippen molar-refractivity contribution in [2.45, 2.75) is 53.0 Å². The first-order chi connectivity index (χ1) is 12.9. The number of rotatable bonds is 6. The SMILES string of the molecule is CC[C@H](C)Cc1c(C)sc2nc(CN3CCC(C(=O)OC)CC3)[nH]c(=O)c12. The summed E-state index contributed by atoms with van der Waals surface area (Å²) >= 11 is 1.62. The number of piperidine rings is 1. The summed E-state index contributed by atoms with van der Waals surface area (Å²) in [5.41, 5.74) is 1.13. The lowest BCUT2D eigenvalue weighted by Gasteiger charge is -2.30. The Labute approximate surface area is 163 Å². The summed E-state index contributed by atoms with van der Waals surface area (Å²) in [6, 6.07) is 0. The average Bonchev–Trinajstić information content (AvgIpc) is 2.97. The van der Waals surface area contributed by atoms with Gasteiger partial charge in [0, 0.05) is 4.88 Å². The second kappa shape index (κ2) is 8.52. The lowest BCUT2D eigenvalue weighted by Crippen LogP contribution is -2.37. The minimum atomic E-state index is -0.120. The van der Waals surface area contributed by atoms with Crippen LogP contribution in [0.25, 0.3) is 10.2 Å². The van der Waals surface area contributed by atoms with Gasteiger partial charge in [-0.1, -0.05) is 20.3 Å². The molecule has 6 nitrogen and oxygen atoms in total. The Morgan fingerprint density at radius 1 is 1.41 bits per heavy atom. The Hall–Kier alpha value is -1.73. The van der Waals surface area contributed by atoms with Gasteiger partial charge in [0.05, 0.1) is 25.0 Å². The molecule has 0 aliphatic carbocycles. The van der Waals surface area contributed by atoms with Crippen LogP contribution in [0.15, 0.2) is 4.79 Å². The van der Waals surface area contributed by atoms with E-state index in [1.165, 1.54) is 12.0 Å². The minimum Gasteiger partial charge on any atom is -0.469 e. The number of nitrogens with zero attached hydrogens (tertiary/aromatic N) is 2. The summed E-state index contributed by atoms with van der Waals surface area (Å²) in [5.74, 6) is 1.13. The highest BCUT2D eigenvalue weighted by Crippen LogP contribution is 2.29. The third-order valence-corrected chi connectivity index (χ3v) is 6.70. The molecule has 0 unspecified atom stereocenters. The Kier molecular flexibility index (Phi) is 6.32. The number of fused-ring (bicyclic) bond motifs is 1. The van der Waals surface area contributed by atoms with Crippen molar-refractivity contribution < 1.29 is 9.53 Å². The maximum absolute atomic E-state index is 12.8. The molecule has 3 rings (SSSR count). The fourth-order valence-electron chi connectivity index (χ4n) is 3.74. The molecule has 27 heavy (non-hydrogen) atoms. The number of ether oxygens (including phenoxy) is 1. The monoisotopic (exact) mass is 391 g/mol. The van der Waals surface area contributed by atoms with Gasteiger partial charge in [-0.25, -0.2) is 4.98 Å². The molecular formula is C20H29N3O3S. The zero-order chi connectivity index (χ0) is 19.6. The topological polar surface area (TPSA) is 75.3 Å². The molecule has 2 aromatic rings. The van der Waals surface area contributed by atoms with Gasteiger partial charge < -0.3 is 9.72 Å². The van der Waals surface area contributed by atoms with Crippen molar-refractivity contribution in [2.75, 3.05) is 20.2 Å². The highest BCUT2D eigenvalue weighted by Gasteiger charge is 2.26. The molecule has 0 bridgehead atoms. The van der Waals surface area contributed by atoms with E-state index in [0.29, 0.717) is 18.3 Å². The molecular weight excluding hydrogens is 362 g/mol. The normalized spacial score (nSPS) is 17.3. The molecule has 0 amide bonds. The number of esters is 1. The molecule has 0 spiro atoms. The summed E-state index contributed by atoms with van der Waals surface area (Å²) in [5, 5.41) is 0.769. The quantitative estimate of drug-likeness (QED) is 0.765. The van der Waals surface area contributed by atoms with Crippen molar-refractivity contribution in [3.05, 3.63) is 26.6 Å². The molecule has 1 aliphatic heterocycles. The smallest absolute Gasteiger partial charge is 0.308 e. The van der Waals surface area contributed by atoms with Crippen LogP contribution in [0.4, 0.5) is 0 Å². The zero-order valence-corrected chi connectivity index (χ0v) is 17.4. The highest BCUT2D eigenvalue weighted by atomic mass is 32.1. The van der Waals surface area contributed by atoms with Crippen LogP contribution in [0.2, 0.25) is 0 Å². The van der Waals surface area contributed by atoms with Gasteiger partial charge in [0.25, 0.3) is 5.56 Å². The van der Waals surface area contributed by atoms with E-state index in [0.717, 1.165) is 54.6 Å². The molecule has 1 fully saturated rings. The second-order valence-electron chi connectivity index (χ2n) is 7.62. The molecule has 1 atom stereocenters. The molecule has 0 saturated carbocycles. The van der Waals surface area contributed by atoms with Crippen molar-refractivity contribution in [1.29, 1.82) is 0 Å². The number of aryl methyl sites for hydroxylation is 1. The van der Waals surface area contributed by atoms with E-state index in [9.17, 15) is 9.59 Å². The van der Waals surface area contributed by atoms with E-state index >= 15 is 0 Å². The van der Waals surface area contributed by atoms with Crippen LogP contribution in [0, 0.1) is 18.8 Å². The summed E-state index contributed by atoms with van der Waals surface area (Å²) < 4.78 is 4.84. The first kappa shape index (κ1) is 20.0. The van der Waals surface area contributed by atoms with Gasteiger partial charge >= 0.3 is 5.97 Å². The van der Waals surface area contributed by atoms with Crippen LogP contribution in [0.5, 0.6) is 0 Å². The number of thiophene rings is 1. The number of carbonyl (C=O) groups excluding carboxylic acids is 1. The van der Waals surface area contributed by atoms with Crippen LogP contribution >= 0.6 is 11.3 Å². The summed E-state index contributed by atoms with van der Waals surface area (Å²) in [4.78, 5) is 36.4. The molecule has 0 radical (unpaired) electrons. The molecule has 1 saturated heterocycles. The fourth-order valence-corrected chi connectivity index (χ4v) is 4.81.